The predicted octanol–water partition coefficient (Wildman–Crippen LogP) is 3.05. The summed E-state index contributed by atoms with van der Waals surface area (Å²) < 4.78 is 0. The molecule has 1 aromatic heterocycles. The Labute approximate surface area is 85.0 Å². The van der Waals surface area contributed by atoms with Crippen molar-refractivity contribution >= 4 is 11.3 Å². The third kappa shape index (κ3) is 2.55. The molecule has 0 aliphatic carbocycles. The molecule has 13 heavy (non-hydrogen) atoms. The summed E-state index contributed by atoms with van der Waals surface area (Å²) in [6, 6.07) is 4.26. The molecule has 74 valence electrons. The lowest BCUT2D eigenvalue weighted by Crippen LogP contribution is -2.46. The van der Waals surface area contributed by atoms with E-state index in [1.807, 2.05) is 0 Å². The summed E-state index contributed by atoms with van der Waals surface area (Å²) >= 11 is 1.80. The van der Waals surface area contributed by atoms with Gasteiger partial charge in [0.25, 0.3) is 0 Å². The average Bonchev–Trinajstić information content (AvgIpc) is 2.56. The van der Waals surface area contributed by atoms with Crippen LogP contribution in [0.1, 0.15) is 32.1 Å². The van der Waals surface area contributed by atoms with Crippen molar-refractivity contribution in [1.29, 1.82) is 0 Å². The zero-order valence-electron chi connectivity index (χ0n) is 8.71. The molecule has 1 unspecified atom stereocenters. The highest BCUT2D eigenvalue weighted by Crippen LogP contribution is 2.25. The van der Waals surface area contributed by atoms with Gasteiger partial charge in [0, 0.05) is 10.4 Å². The van der Waals surface area contributed by atoms with Gasteiger partial charge in [-0.25, -0.2) is 0 Å². The molecule has 1 rings (SSSR count). The summed E-state index contributed by atoms with van der Waals surface area (Å²) in [5.41, 5.74) is 6.32. The third-order valence-corrected chi connectivity index (χ3v) is 3.77. The molecule has 0 aliphatic rings. The monoisotopic (exact) mass is 197 g/mol. The minimum Gasteiger partial charge on any atom is -0.325 e. The van der Waals surface area contributed by atoms with Crippen molar-refractivity contribution in [1.82, 2.24) is 0 Å². The molecule has 0 fully saturated rings. The maximum atomic E-state index is 6.34. The van der Waals surface area contributed by atoms with Gasteiger partial charge in [-0.15, -0.1) is 11.3 Å². The van der Waals surface area contributed by atoms with Crippen molar-refractivity contribution in [3.63, 3.8) is 0 Å². The van der Waals surface area contributed by atoms with Crippen LogP contribution >= 0.6 is 11.3 Å². The fourth-order valence-electron chi connectivity index (χ4n) is 1.47. The van der Waals surface area contributed by atoms with E-state index in [4.69, 9.17) is 5.73 Å². The molecule has 0 saturated carbocycles. The van der Waals surface area contributed by atoms with E-state index in [-0.39, 0.29) is 5.54 Å². The lowest BCUT2D eigenvalue weighted by atomic mass is 9.81. The smallest absolute Gasteiger partial charge is 0.0223 e. The largest absolute Gasteiger partial charge is 0.325 e. The van der Waals surface area contributed by atoms with Crippen LogP contribution in [0, 0.1) is 5.92 Å². The lowest BCUT2D eigenvalue weighted by molar-refractivity contribution is 0.298. The number of thiophene rings is 1. The average molecular weight is 197 g/mol. The fourth-order valence-corrected chi connectivity index (χ4v) is 2.32. The molecule has 1 nitrogen and oxygen atoms in total. The normalized spacial score (nSPS) is 16.1. The molecule has 0 amide bonds. The molecule has 0 aromatic carbocycles. The van der Waals surface area contributed by atoms with Crippen LogP contribution in [0.5, 0.6) is 0 Å². The van der Waals surface area contributed by atoms with Crippen LogP contribution in [0.4, 0.5) is 0 Å². The van der Waals surface area contributed by atoms with Crippen LogP contribution < -0.4 is 5.73 Å². The summed E-state index contributed by atoms with van der Waals surface area (Å²) in [5, 5.41) is 2.12. The highest BCUT2D eigenvalue weighted by atomic mass is 32.1. The summed E-state index contributed by atoms with van der Waals surface area (Å²) in [4.78, 5) is 1.40. The second kappa shape index (κ2) is 4.25. The molecule has 1 aromatic rings. The lowest BCUT2D eigenvalue weighted by Gasteiger charge is -2.32. The van der Waals surface area contributed by atoms with E-state index in [1.165, 1.54) is 4.88 Å². The van der Waals surface area contributed by atoms with E-state index in [9.17, 15) is 0 Å². The third-order valence-electron chi connectivity index (χ3n) is 2.89. The van der Waals surface area contributed by atoms with E-state index in [0.717, 1.165) is 12.8 Å². The van der Waals surface area contributed by atoms with E-state index in [0.29, 0.717) is 5.92 Å². The Kier molecular flexibility index (Phi) is 3.51. The number of hydrogen-bond donors (Lipinski definition) is 1. The Bertz CT molecular complexity index is 241. The van der Waals surface area contributed by atoms with Gasteiger partial charge in [0.2, 0.25) is 0 Å². The van der Waals surface area contributed by atoms with Crippen molar-refractivity contribution in [2.24, 2.45) is 11.7 Å². The first-order valence-corrected chi connectivity index (χ1v) is 5.77. The maximum Gasteiger partial charge on any atom is 0.0223 e. The highest BCUT2D eigenvalue weighted by molar-refractivity contribution is 7.09. The van der Waals surface area contributed by atoms with Crippen molar-refractivity contribution in [3.8, 4) is 0 Å². The molecule has 0 saturated heterocycles. The number of hydrogen-bond acceptors (Lipinski definition) is 2. The van der Waals surface area contributed by atoms with Gasteiger partial charge in [0.05, 0.1) is 0 Å². The summed E-state index contributed by atoms with van der Waals surface area (Å²) in [6.45, 7) is 6.59. The van der Waals surface area contributed by atoms with Crippen molar-refractivity contribution in [2.75, 3.05) is 0 Å². The summed E-state index contributed by atoms with van der Waals surface area (Å²) in [7, 11) is 0. The second-order valence-corrected chi connectivity index (χ2v) is 5.03. The van der Waals surface area contributed by atoms with Gasteiger partial charge in [-0.2, -0.15) is 0 Å². The van der Waals surface area contributed by atoms with Gasteiger partial charge in [0.15, 0.2) is 0 Å². The van der Waals surface area contributed by atoms with E-state index >= 15 is 0 Å². The second-order valence-electron chi connectivity index (χ2n) is 4.00. The van der Waals surface area contributed by atoms with Gasteiger partial charge < -0.3 is 5.73 Å². The number of rotatable bonds is 4. The van der Waals surface area contributed by atoms with E-state index in [1.54, 1.807) is 11.3 Å². The predicted molar refractivity (Wildman–Crippen MR) is 60.1 cm³/mol. The Hall–Kier alpha value is -0.340. The quantitative estimate of drug-likeness (QED) is 0.789. The Balaban J connectivity index is 2.69. The van der Waals surface area contributed by atoms with Crippen LogP contribution in [-0.4, -0.2) is 5.54 Å². The molecule has 2 N–H and O–H groups in total. The van der Waals surface area contributed by atoms with Gasteiger partial charge in [-0.3, -0.25) is 0 Å². The maximum absolute atomic E-state index is 6.34. The van der Waals surface area contributed by atoms with Crippen molar-refractivity contribution in [3.05, 3.63) is 22.4 Å². The molecular formula is C11H19NS. The van der Waals surface area contributed by atoms with Gasteiger partial charge >= 0.3 is 0 Å². The van der Waals surface area contributed by atoms with Crippen LogP contribution in [0.3, 0.4) is 0 Å². The Morgan fingerprint density at radius 2 is 2.23 bits per heavy atom. The molecule has 0 radical (unpaired) electrons. The van der Waals surface area contributed by atoms with Crippen molar-refractivity contribution in [2.45, 2.75) is 39.2 Å². The molecule has 0 bridgehead atoms. The molecule has 2 heteroatoms. The van der Waals surface area contributed by atoms with E-state index < -0.39 is 0 Å². The minimum atomic E-state index is -0.0230. The first-order valence-electron chi connectivity index (χ1n) is 4.89. The molecule has 0 spiro atoms. The van der Waals surface area contributed by atoms with Gasteiger partial charge in [-0.05, 0) is 30.2 Å². The topological polar surface area (TPSA) is 26.0 Å². The van der Waals surface area contributed by atoms with Crippen LogP contribution in [0.25, 0.3) is 0 Å². The molecular weight excluding hydrogens is 178 g/mol. The Morgan fingerprint density at radius 1 is 1.54 bits per heavy atom. The van der Waals surface area contributed by atoms with E-state index in [2.05, 4.69) is 38.3 Å². The highest BCUT2D eigenvalue weighted by Gasteiger charge is 2.27. The SMILES string of the molecule is CCC(N)(Cc1cccs1)C(C)C. The van der Waals surface area contributed by atoms with Crippen LogP contribution in [0.2, 0.25) is 0 Å². The molecule has 0 aliphatic heterocycles. The minimum absolute atomic E-state index is 0.0230. The zero-order chi connectivity index (χ0) is 9.90. The zero-order valence-corrected chi connectivity index (χ0v) is 9.53. The summed E-state index contributed by atoms with van der Waals surface area (Å²) in [5.74, 6) is 0.541. The number of nitrogens with two attached hydrogens (primary N) is 1. The molecule has 1 atom stereocenters. The first-order chi connectivity index (χ1) is 6.08. The Morgan fingerprint density at radius 3 is 2.62 bits per heavy atom. The standard InChI is InChI=1S/C11H19NS/c1-4-11(12,9(2)3)8-10-6-5-7-13-10/h5-7,9H,4,8,12H2,1-3H3. The van der Waals surface area contributed by atoms with Crippen LogP contribution in [0.15, 0.2) is 17.5 Å². The first kappa shape index (κ1) is 10.7. The van der Waals surface area contributed by atoms with Gasteiger partial charge in [-0.1, -0.05) is 26.8 Å². The van der Waals surface area contributed by atoms with Gasteiger partial charge in [0.1, 0.15) is 0 Å². The summed E-state index contributed by atoms with van der Waals surface area (Å²) in [6.07, 6.45) is 2.06. The van der Waals surface area contributed by atoms with Crippen molar-refractivity contribution < 1.29 is 0 Å². The molecule has 1 heterocycles. The fraction of sp³-hybridized carbons (Fsp3) is 0.636. The van der Waals surface area contributed by atoms with Crippen LogP contribution in [-0.2, 0) is 6.42 Å².